The average Bonchev–Trinajstić information content (AvgIpc) is 2.42. The Labute approximate surface area is 129 Å². The molecule has 120 valence electrons. The Morgan fingerprint density at radius 3 is 2.59 bits per heavy atom. The van der Waals surface area contributed by atoms with Crippen molar-refractivity contribution in [2.45, 2.75) is 33.3 Å². The Morgan fingerprint density at radius 1 is 1.27 bits per heavy atom. The van der Waals surface area contributed by atoms with Gasteiger partial charge in [-0.25, -0.2) is 4.79 Å². The van der Waals surface area contributed by atoms with Crippen molar-refractivity contribution in [1.82, 2.24) is 5.32 Å². The Hall–Kier alpha value is -2.57. The van der Waals surface area contributed by atoms with Gasteiger partial charge in [0, 0.05) is 12.2 Å². The number of carbonyl (C=O) groups is 3. The third-order valence-corrected chi connectivity index (χ3v) is 2.96. The van der Waals surface area contributed by atoms with Crippen LogP contribution in [0.2, 0.25) is 0 Å². The third kappa shape index (κ3) is 5.82. The molecule has 1 aromatic carbocycles. The number of urea groups is 1. The van der Waals surface area contributed by atoms with E-state index in [1.165, 1.54) is 6.92 Å². The summed E-state index contributed by atoms with van der Waals surface area (Å²) in [5.74, 6) is -0.998. The normalized spacial score (nSPS) is 11.4. The number of primary amides is 1. The van der Waals surface area contributed by atoms with Crippen LogP contribution in [0.4, 0.5) is 10.5 Å². The molecule has 22 heavy (non-hydrogen) atoms. The summed E-state index contributed by atoms with van der Waals surface area (Å²) in [6, 6.07) is 4.98. The Balaban J connectivity index is 2.49. The van der Waals surface area contributed by atoms with Crippen LogP contribution in [0, 0.1) is 13.8 Å². The van der Waals surface area contributed by atoms with E-state index in [-0.39, 0.29) is 13.0 Å². The van der Waals surface area contributed by atoms with E-state index in [2.05, 4.69) is 10.6 Å². The maximum atomic E-state index is 12.0. The number of nitrogens with one attached hydrogen (secondary N) is 2. The topological polar surface area (TPSA) is 111 Å². The summed E-state index contributed by atoms with van der Waals surface area (Å²) in [7, 11) is 0. The molecule has 0 saturated carbocycles. The number of hydrogen-bond acceptors (Lipinski definition) is 4. The molecule has 1 aromatic rings. The van der Waals surface area contributed by atoms with Crippen molar-refractivity contribution >= 4 is 23.6 Å². The zero-order valence-electron chi connectivity index (χ0n) is 12.9. The zero-order valence-corrected chi connectivity index (χ0v) is 12.9. The maximum Gasteiger partial charge on any atom is 0.312 e. The molecule has 0 aromatic heterocycles. The van der Waals surface area contributed by atoms with Gasteiger partial charge in [0.25, 0.3) is 5.91 Å². The lowest BCUT2D eigenvalue weighted by molar-refractivity contribution is -0.153. The van der Waals surface area contributed by atoms with Crippen LogP contribution in [0.15, 0.2) is 18.2 Å². The first-order valence-corrected chi connectivity index (χ1v) is 6.90. The second-order valence-corrected chi connectivity index (χ2v) is 4.98. The molecule has 3 amide bonds. The molecule has 0 bridgehead atoms. The van der Waals surface area contributed by atoms with E-state index in [0.29, 0.717) is 5.69 Å². The third-order valence-electron chi connectivity index (χ3n) is 2.96. The number of amides is 3. The first-order chi connectivity index (χ1) is 10.3. The van der Waals surface area contributed by atoms with Gasteiger partial charge < -0.3 is 21.1 Å². The molecule has 0 aliphatic heterocycles. The van der Waals surface area contributed by atoms with E-state index in [9.17, 15) is 14.4 Å². The SMILES string of the molecule is Cc1ccc(C)c(NC(=O)[C@H](C)OC(=O)CCNC(N)=O)c1. The van der Waals surface area contributed by atoms with Crippen LogP contribution in [0.3, 0.4) is 0 Å². The van der Waals surface area contributed by atoms with Gasteiger partial charge in [0.1, 0.15) is 0 Å². The fourth-order valence-electron chi connectivity index (χ4n) is 1.70. The van der Waals surface area contributed by atoms with E-state index in [0.717, 1.165) is 11.1 Å². The summed E-state index contributed by atoms with van der Waals surface area (Å²) in [5.41, 5.74) is 7.49. The highest BCUT2D eigenvalue weighted by atomic mass is 16.5. The second kappa shape index (κ2) is 8.02. The van der Waals surface area contributed by atoms with Crippen LogP contribution in [-0.4, -0.2) is 30.6 Å². The van der Waals surface area contributed by atoms with Crippen molar-refractivity contribution in [3.05, 3.63) is 29.3 Å². The van der Waals surface area contributed by atoms with Crippen molar-refractivity contribution in [1.29, 1.82) is 0 Å². The van der Waals surface area contributed by atoms with Gasteiger partial charge in [-0.3, -0.25) is 9.59 Å². The van der Waals surface area contributed by atoms with Crippen molar-refractivity contribution in [3.63, 3.8) is 0 Å². The lowest BCUT2D eigenvalue weighted by Crippen LogP contribution is -2.33. The highest BCUT2D eigenvalue weighted by Crippen LogP contribution is 2.16. The van der Waals surface area contributed by atoms with Gasteiger partial charge in [0.05, 0.1) is 6.42 Å². The number of aryl methyl sites for hydroxylation is 2. The molecule has 0 aliphatic carbocycles. The van der Waals surface area contributed by atoms with Crippen LogP contribution in [0.25, 0.3) is 0 Å². The second-order valence-electron chi connectivity index (χ2n) is 4.98. The van der Waals surface area contributed by atoms with Crippen LogP contribution in [0.5, 0.6) is 0 Å². The first-order valence-electron chi connectivity index (χ1n) is 6.90. The summed E-state index contributed by atoms with van der Waals surface area (Å²) in [6.07, 6.45) is -0.981. The Morgan fingerprint density at radius 2 is 1.95 bits per heavy atom. The monoisotopic (exact) mass is 307 g/mol. The van der Waals surface area contributed by atoms with Crippen molar-refractivity contribution < 1.29 is 19.1 Å². The molecule has 0 heterocycles. The molecule has 4 N–H and O–H groups in total. The van der Waals surface area contributed by atoms with Gasteiger partial charge in [-0.05, 0) is 38.0 Å². The van der Waals surface area contributed by atoms with Crippen LogP contribution < -0.4 is 16.4 Å². The van der Waals surface area contributed by atoms with E-state index in [1.54, 1.807) is 0 Å². The minimum absolute atomic E-state index is 0.0516. The van der Waals surface area contributed by atoms with Crippen molar-refractivity contribution in [2.24, 2.45) is 5.73 Å². The highest BCUT2D eigenvalue weighted by Gasteiger charge is 2.18. The first kappa shape index (κ1) is 17.5. The molecule has 0 fully saturated rings. The summed E-state index contributed by atoms with van der Waals surface area (Å²) in [5, 5.41) is 4.99. The van der Waals surface area contributed by atoms with E-state index >= 15 is 0 Å². The van der Waals surface area contributed by atoms with Gasteiger partial charge in [-0.2, -0.15) is 0 Å². The molecule has 7 heteroatoms. The minimum atomic E-state index is -0.930. The molecular formula is C15H21N3O4. The number of ether oxygens (including phenoxy) is 1. The van der Waals surface area contributed by atoms with Gasteiger partial charge in [-0.1, -0.05) is 12.1 Å². The molecule has 0 radical (unpaired) electrons. The lowest BCUT2D eigenvalue weighted by Gasteiger charge is -2.15. The number of rotatable bonds is 6. The standard InChI is InChI=1S/C15H21N3O4/c1-9-4-5-10(2)12(8-9)18-14(20)11(3)22-13(19)6-7-17-15(16)21/h4-5,8,11H,6-7H2,1-3H3,(H,18,20)(H3,16,17,21)/t11-/m0/s1. The number of benzene rings is 1. The molecule has 1 rings (SSSR count). The molecule has 0 aliphatic rings. The van der Waals surface area contributed by atoms with E-state index in [4.69, 9.17) is 10.5 Å². The fourth-order valence-corrected chi connectivity index (χ4v) is 1.70. The Bertz CT molecular complexity index is 572. The number of carbonyl (C=O) groups excluding carboxylic acids is 3. The molecule has 0 spiro atoms. The largest absolute Gasteiger partial charge is 0.452 e. The lowest BCUT2D eigenvalue weighted by atomic mass is 10.1. The van der Waals surface area contributed by atoms with Gasteiger partial charge >= 0.3 is 12.0 Å². The number of hydrogen-bond donors (Lipinski definition) is 3. The summed E-state index contributed by atoms with van der Waals surface area (Å²) in [4.78, 5) is 34.0. The quantitative estimate of drug-likeness (QED) is 0.686. The smallest absolute Gasteiger partial charge is 0.312 e. The summed E-state index contributed by atoms with van der Waals surface area (Å²) < 4.78 is 4.99. The fraction of sp³-hybridized carbons (Fsp3) is 0.400. The van der Waals surface area contributed by atoms with Crippen molar-refractivity contribution in [2.75, 3.05) is 11.9 Å². The molecule has 0 unspecified atom stereocenters. The molecule has 1 atom stereocenters. The van der Waals surface area contributed by atoms with Gasteiger partial charge in [-0.15, -0.1) is 0 Å². The van der Waals surface area contributed by atoms with Gasteiger partial charge in [0.15, 0.2) is 6.10 Å². The van der Waals surface area contributed by atoms with Crippen LogP contribution in [0.1, 0.15) is 24.5 Å². The molecular weight excluding hydrogens is 286 g/mol. The Kier molecular flexibility index (Phi) is 6.37. The highest BCUT2D eigenvalue weighted by molar-refractivity contribution is 5.95. The number of anilines is 1. The zero-order chi connectivity index (χ0) is 16.7. The van der Waals surface area contributed by atoms with E-state index < -0.39 is 24.0 Å². The van der Waals surface area contributed by atoms with E-state index in [1.807, 2.05) is 32.0 Å². The number of nitrogens with two attached hydrogens (primary N) is 1. The summed E-state index contributed by atoms with van der Waals surface area (Å²) >= 11 is 0. The van der Waals surface area contributed by atoms with Gasteiger partial charge in [0.2, 0.25) is 0 Å². The molecule has 0 saturated heterocycles. The average molecular weight is 307 g/mol. The summed E-state index contributed by atoms with van der Waals surface area (Å²) in [6.45, 7) is 5.35. The minimum Gasteiger partial charge on any atom is -0.452 e. The maximum absolute atomic E-state index is 12.0. The predicted molar refractivity (Wildman–Crippen MR) is 82.3 cm³/mol. The number of esters is 1. The predicted octanol–water partition coefficient (Wildman–Crippen LogP) is 1.23. The van der Waals surface area contributed by atoms with Crippen LogP contribution >= 0.6 is 0 Å². The van der Waals surface area contributed by atoms with Crippen molar-refractivity contribution in [3.8, 4) is 0 Å². The molecule has 7 nitrogen and oxygen atoms in total. The van der Waals surface area contributed by atoms with Crippen LogP contribution in [-0.2, 0) is 14.3 Å².